The van der Waals surface area contributed by atoms with Crippen molar-refractivity contribution in [2.75, 3.05) is 18.8 Å². The molecule has 0 saturated carbocycles. The number of likely N-dealkylation sites (tertiary alicyclic amines) is 1. The van der Waals surface area contributed by atoms with Crippen molar-refractivity contribution in [2.24, 2.45) is 11.7 Å². The maximum Gasteiger partial charge on any atom is 0.224 e. The van der Waals surface area contributed by atoms with E-state index in [9.17, 15) is 4.79 Å². The standard InChI is InChI=1S/C20H24N2OS.ClH/c21-19(17-7-3-1-4-8-17)13-20(23)22-12-11-16(14-22)15-24-18-9-5-2-6-10-18;/h1-10,16,19H,11-15,21H2;1H. The first-order valence-corrected chi connectivity index (χ1v) is 9.47. The van der Waals surface area contributed by atoms with Crippen molar-refractivity contribution in [3.63, 3.8) is 0 Å². The van der Waals surface area contributed by atoms with Gasteiger partial charge in [-0.05, 0) is 30.0 Å². The number of carbonyl (C=O) groups is 1. The molecule has 0 radical (unpaired) electrons. The average molecular weight is 377 g/mol. The van der Waals surface area contributed by atoms with E-state index in [-0.39, 0.29) is 24.4 Å². The number of amides is 1. The Bertz CT molecular complexity index is 653. The van der Waals surface area contributed by atoms with E-state index in [4.69, 9.17) is 5.73 Å². The third-order valence-electron chi connectivity index (χ3n) is 4.49. The SMILES string of the molecule is Cl.NC(CC(=O)N1CCC(CSc2ccccc2)C1)c1ccccc1. The molecule has 1 heterocycles. The van der Waals surface area contributed by atoms with Crippen LogP contribution in [-0.2, 0) is 4.79 Å². The van der Waals surface area contributed by atoms with E-state index >= 15 is 0 Å². The largest absolute Gasteiger partial charge is 0.342 e. The quantitative estimate of drug-likeness (QED) is 0.770. The fraction of sp³-hybridized carbons (Fsp3) is 0.350. The maximum absolute atomic E-state index is 12.5. The summed E-state index contributed by atoms with van der Waals surface area (Å²) in [5.41, 5.74) is 7.21. The lowest BCUT2D eigenvalue weighted by Gasteiger charge is -2.19. The van der Waals surface area contributed by atoms with Crippen molar-refractivity contribution in [1.82, 2.24) is 4.90 Å². The molecule has 25 heavy (non-hydrogen) atoms. The van der Waals surface area contributed by atoms with Crippen LogP contribution in [0, 0.1) is 5.92 Å². The molecule has 2 N–H and O–H groups in total. The van der Waals surface area contributed by atoms with Crippen LogP contribution in [0.1, 0.15) is 24.4 Å². The number of rotatable bonds is 6. The number of thioether (sulfide) groups is 1. The van der Waals surface area contributed by atoms with Gasteiger partial charge in [-0.15, -0.1) is 24.2 Å². The number of hydrogen-bond donors (Lipinski definition) is 1. The van der Waals surface area contributed by atoms with Crippen molar-refractivity contribution in [2.45, 2.75) is 23.8 Å². The van der Waals surface area contributed by atoms with Gasteiger partial charge in [-0.3, -0.25) is 4.79 Å². The molecule has 3 rings (SSSR count). The summed E-state index contributed by atoms with van der Waals surface area (Å²) in [5.74, 6) is 1.82. The van der Waals surface area contributed by atoms with Crippen LogP contribution in [0.3, 0.4) is 0 Å². The molecule has 2 atom stereocenters. The van der Waals surface area contributed by atoms with Crippen molar-refractivity contribution >= 4 is 30.1 Å². The molecule has 1 aliphatic rings. The van der Waals surface area contributed by atoms with Gasteiger partial charge in [0.2, 0.25) is 5.91 Å². The predicted octanol–water partition coefficient (Wildman–Crippen LogP) is 4.14. The number of benzene rings is 2. The molecule has 0 aromatic heterocycles. The maximum atomic E-state index is 12.5. The van der Waals surface area contributed by atoms with E-state index in [1.807, 2.05) is 53.1 Å². The van der Waals surface area contributed by atoms with Gasteiger partial charge in [0.25, 0.3) is 0 Å². The summed E-state index contributed by atoms with van der Waals surface area (Å²) in [6.45, 7) is 1.72. The van der Waals surface area contributed by atoms with Crippen molar-refractivity contribution in [1.29, 1.82) is 0 Å². The first-order valence-electron chi connectivity index (χ1n) is 8.48. The number of halogens is 1. The summed E-state index contributed by atoms with van der Waals surface area (Å²) in [5, 5.41) is 0. The number of nitrogens with two attached hydrogens (primary N) is 1. The van der Waals surface area contributed by atoms with Crippen LogP contribution >= 0.6 is 24.2 Å². The molecule has 5 heteroatoms. The van der Waals surface area contributed by atoms with Crippen LogP contribution in [0.25, 0.3) is 0 Å². The molecule has 0 spiro atoms. The van der Waals surface area contributed by atoms with E-state index in [0.29, 0.717) is 12.3 Å². The second-order valence-electron chi connectivity index (χ2n) is 6.34. The highest BCUT2D eigenvalue weighted by Gasteiger charge is 2.27. The lowest BCUT2D eigenvalue weighted by molar-refractivity contribution is -0.130. The third kappa shape index (κ3) is 5.77. The van der Waals surface area contributed by atoms with Crippen LogP contribution in [0.4, 0.5) is 0 Å². The Morgan fingerprint density at radius 2 is 1.76 bits per heavy atom. The minimum absolute atomic E-state index is 0. The van der Waals surface area contributed by atoms with Crippen LogP contribution in [0.2, 0.25) is 0 Å². The van der Waals surface area contributed by atoms with Gasteiger partial charge >= 0.3 is 0 Å². The molecule has 0 aliphatic carbocycles. The van der Waals surface area contributed by atoms with E-state index in [0.717, 1.165) is 30.8 Å². The Balaban J connectivity index is 0.00000225. The van der Waals surface area contributed by atoms with E-state index < -0.39 is 0 Å². The highest BCUT2D eigenvalue weighted by atomic mass is 35.5. The normalized spacial score (nSPS) is 17.8. The fourth-order valence-electron chi connectivity index (χ4n) is 3.06. The zero-order valence-corrected chi connectivity index (χ0v) is 15.8. The van der Waals surface area contributed by atoms with E-state index in [1.54, 1.807) is 0 Å². The van der Waals surface area contributed by atoms with Gasteiger partial charge in [0.05, 0.1) is 0 Å². The Labute approximate surface area is 160 Å². The highest BCUT2D eigenvalue weighted by Crippen LogP contribution is 2.26. The van der Waals surface area contributed by atoms with Crippen LogP contribution in [0.5, 0.6) is 0 Å². The molecule has 2 unspecified atom stereocenters. The Hall–Kier alpha value is -1.49. The number of hydrogen-bond acceptors (Lipinski definition) is 3. The van der Waals surface area contributed by atoms with Gasteiger partial charge in [-0.1, -0.05) is 48.5 Å². The minimum atomic E-state index is -0.212. The van der Waals surface area contributed by atoms with E-state index in [2.05, 4.69) is 24.3 Å². The Morgan fingerprint density at radius 3 is 2.44 bits per heavy atom. The Morgan fingerprint density at radius 1 is 1.12 bits per heavy atom. The second-order valence-corrected chi connectivity index (χ2v) is 7.43. The molecule has 3 nitrogen and oxygen atoms in total. The van der Waals surface area contributed by atoms with Crippen molar-refractivity contribution < 1.29 is 4.79 Å². The summed E-state index contributed by atoms with van der Waals surface area (Å²) in [6.07, 6.45) is 1.48. The summed E-state index contributed by atoms with van der Waals surface area (Å²) in [7, 11) is 0. The Kier molecular flexibility index (Phi) is 7.82. The van der Waals surface area contributed by atoms with Gasteiger partial charge in [-0.25, -0.2) is 0 Å². The summed E-state index contributed by atoms with van der Waals surface area (Å²) in [6, 6.07) is 20.1. The van der Waals surface area contributed by atoms with E-state index in [1.165, 1.54) is 4.90 Å². The predicted molar refractivity (Wildman–Crippen MR) is 107 cm³/mol. The minimum Gasteiger partial charge on any atom is -0.342 e. The summed E-state index contributed by atoms with van der Waals surface area (Å²) in [4.78, 5) is 15.8. The smallest absolute Gasteiger partial charge is 0.224 e. The van der Waals surface area contributed by atoms with Gasteiger partial charge in [0.15, 0.2) is 0 Å². The molecule has 2 aromatic rings. The van der Waals surface area contributed by atoms with Gasteiger partial charge < -0.3 is 10.6 Å². The highest BCUT2D eigenvalue weighted by molar-refractivity contribution is 7.99. The molecular weight excluding hydrogens is 352 g/mol. The molecule has 0 bridgehead atoms. The van der Waals surface area contributed by atoms with Crippen molar-refractivity contribution in [3.8, 4) is 0 Å². The van der Waals surface area contributed by atoms with Gasteiger partial charge in [-0.2, -0.15) is 0 Å². The van der Waals surface area contributed by atoms with Crippen molar-refractivity contribution in [3.05, 3.63) is 66.2 Å². The summed E-state index contributed by atoms with van der Waals surface area (Å²) >= 11 is 1.88. The molecule has 1 saturated heterocycles. The lowest BCUT2D eigenvalue weighted by atomic mass is 10.0. The molecule has 2 aromatic carbocycles. The molecular formula is C20H25ClN2OS. The fourth-order valence-corrected chi connectivity index (χ4v) is 4.11. The third-order valence-corrected chi connectivity index (χ3v) is 5.73. The van der Waals surface area contributed by atoms with Gasteiger partial charge in [0.1, 0.15) is 0 Å². The topological polar surface area (TPSA) is 46.3 Å². The average Bonchev–Trinajstić information content (AvgIpc) is 3.11. The van der Waals surface area contributed by atoms with Gasteiger partial charge in [0, 0.05) is 36.2 Å². The van der Waals surface area contributed by atoms with Crippen LogP contribution in [-0.4, -0.2) is 29.6 Å². The van der Waals surface area contributed by atoms with Crippen LogP contribution < -0.4 is 5.73 Å². The first-order chi connectivity index (χ1) is 11.7. The summed E-state index contributed by atoms with van der Waals surface area (Å²) < 4.78 is 0. The number of carbonyl (C=O) groups excluding carboxylic acids is 1. The molecule has 1 amide bonds. The second kappa shape index (κ2) is 9.85. The molecule has 1 aliphatic heterocycles. The first kappa shape index (κ1) is 19.8. The zero-order valence-electron chi connectivity index (χ0n) is 14.2. The monoisotopic (exact) mass is 376 g/mol. The zero-order chi connectivity index (χ0) is 16.8. The number of nitrogens with zero attached hydrogens (tertiary/aromatic N) is 1. The van der Waals surface area contributed by atoms with Crippen LogP contribution in [0.15, 0.2) is 65.6 Å². The molecule has 134 valence electrons. The lowest BCUT2D eigenvalue weighted by Crippen LogP contribution is -2.31. The molecule has 1 fully saturated rings.